The normalized spacial score (nSPS) is 15.6. The number of ether oxygens (including phenoxy) is 1. The predicted molar refractivity (Wildman–Crippen MR) is 110 cm³/mol. The first-order chi connectivity index (χ1) is 12.8. The molecule has 0 saturated carbocycles. The first kappa shape index (κ1) is 19.4. The van der Waals surface area contributed by atoms with Crippen molar-refractivity contribution in [1.82, 2.24) is 0 Å². The molecule has 27 heavy (non-hydrogen) atoms. The molecule has 1 amide bonds. The van der Waals surface area contributed by atoms with Crippen LogP contribution >= 0.6 is 31.9 Å². The molecule has 0 spiro atoms. The Morgan fingerprint density at radius 1 is 1.15 bits per heavy atom. The fourth-order valence-corrected chi connectivity index (χ4v) is 3.67. The summed E-state index contributed by atoms with van der Waals surface area (Å²) in [5.41, 5.74) is 1.83. The maximum Gasteiger partial charge on any atom is 0.340 e. The summed E-state index contributed by atoms with van der Waals surface area (Å²) in [6, 6.07) is 12.1. The lowest BCUT2D eigenvalue weighted by atomic mass is 10.0. The van der Waals surface area contributed by atoms with Crippen molar-refractivity contribution in [2.45, 2.75) is 6.92 Å². The molecule has 3 rings (SSSR count). The van der Waals surface area contributed by atoms with Gasteiger partial charge in [0, 0.05) is 20.2 Å². The van der Waals surface area contributed by atoms with Gasteiger partial charge < -0.3 is 9.84 Å². The highest BCUT2D eigenvalue weighted by Crippen LogP contribution is 2.37. The summed E-state index contributed by atoms with van der Waals surface area (Å²) >= 11 is 6.74. The molecule has 7 heteroatoms. The van der Waals surface area contributed by atoms with E-state index in [-0.39, 0.29) is 22.8 Å². The second-order valence-corrected chi connectivity index (χ2v) is 7.66. The van der Waals surface area contributed by atoms with Crippen molar-refractivity contribution in [1.29, 1.82) is 0 Å². The van der Waals surface area contributed by atoms with E-state index in [1.807, 2.05) is 6.07 Å². The minimum atomic E-state index is -0.612. The van der Waals surface area contributed by atoms with Crippen molar-refractivity contribution in [2.24, 2.45) is 0 Å². The highest BCUT2D eigenvalue weighted by Gasteiger charge is 2.38. The summed E-state index contributed by atoms with van der Waals surface area (Å²) in [7, 11) is 1.27. The van der Waals surface area contributed by atoms with Crippen LogP contribution in [0.1, 0.15) is 12.5 Å². The first-order valence-electron chi connectivity index (χ1n) is 7.93. The van der Waals surface area contributed by atoms with Crippen LogP contribution in [0, 0.1) is 0 Å². The first-order valence-corrected chi connectivity index (χ1v) is 9.52. The summed E-state index contributed by atoms with van der Waals surface area (Å²) in [5, 5.41) is 10.1. The number of methoxy groups -OCH3 is 1. The Morgan fingerprint density at radius 3 is 2.52 bits per heavy atom. The van der Waals surface area contributed by atoms with E-state index in [0.717, 1.165) is 8.95 Å². The summed E-state index contributed by atoms with van der Waals surface area (Å²) < 4.78 is 6.43. The Bertz CT molecular complexity index is 1010. The van der Waals surface area contributed by atoms with Gasteiger partial charge in [-0.15, -0.1) is 0 Å². The van der Waals surface area contributed by atoms with Crippen molar-refractivity contribution >= 4 is 55.5 Å². The Balaban J connectivity index is 2.19. The number of aromatic hydroxyl groups is 1. The second-order valence-electron chi connectivity index (χ2n) is 5.83. The van der Waals surface area contributed by atoms with E-state index >= 15 is 0 Å². The van der Waals surface area contributed by atoms with Crippen LogP contribution in [0.2, 0.25) is 0 Å². The number of allylic oxidation sites excluding steroid dienone is 1. The molecule has 0 saturated heterocycles. The van der Waals surface area contributed by atoms with Gasteiger partial charge >= 0.3 is 5.97 Å². The van der Waals surface area contributed by atoms with Crippen LogP contribution in [0.15, 0.2) is 68.3 Å². The van der Waals surface area contributed by atoms with Gasteiger partial charge in [-0.3, -0.25) is 9.69 Å². The van der Waals surface area contributed by atoms with Gasteiger partial charge in [-0.2, -0.15) is 0 Å². The third-order valence-electron chi connectivity index (χ3n) is 4.15. The fraction of sp³-hybridized carbons (Fsp3) is 0.100. The monoisotopic (exact) mass is 491 g/mol. The van der Waals surface area contributed by atoms with Gasteiger partial charge in [0.2, 0.25) is 0 Å². The lowest BCUT2D eigenvalue weighted by molar-refractivity contribution is -0.136. The molecule has 2 aromatic rings. The van der Waals surface area contributed by atoms with Crippen LogP contribution < -0.4 is 4.90 Å². The maximum absolute atomic E-state index is 13.2. The summed E-state index contributed by atoms with van der Waals surface area (Å²) in [6.45, 7) is 1.69. The average molecular weight is 493 g/mol. The van der Waals surface area contributed by atoms with E-state index in [1.165, 1.54) is 24.2 Å². The van der Waals surface area contributed by atoms with Gasteiger partial charge in [0.1, 0.15) is 5.75 Å². The van der Waals surface area contributed by atoms with Crippen molar-refractivity contribution in [3.05, 3.63) is 73.8 Å². The van der Waals surface area contributed by atoms with Gasteiger partial charge in [0.15, 0.2) is 0 Å². The molecule has 2 aromatic carbocycles. The van der Waals surface area contributed by atoms with Gasteiger partial charge in [-0.25, -0.2) is 4.79 Å². The molecule has 1 aliphatic rings. The summed E-state index contributed by atoms with van der Waals surface area (Å²) in [4.78, 5) is 27.0. The number of carbonyl (C=O) groups is 2. The van der Waals surface area contributed by atoms with Crippen LogP contribution in [0.3, 0.4) is 0 Å². The van der Waals surface area contributed by atoms with E-state index in [2.05, 4.69) is 31.9 Å². The molecule has 1 heterocycles. The van der Waals surface area contributed by atoms with E-state index < -0.39 is 5.97 Å². The molecule has 0 bridgehead atoms. The largest absolute Gasteiger partial charge is 0.507 e. The molecule has 0 radical (unpaired) electrons. The van der Waals surface area contributed by atoms with Crippen molar-refractivity contribution in [3.8, 4) is 5.75 Å². The van der Waals surface area contributed by atoms with Gasteiger partial charge in [0.05, 0.1) is 23.9 Å². The number of hydrogen-bond acceptors (Lipinski definition) is 4. The number of benzene rings is 2. The van der Waals surface area contributed by atoms with Crippen molar-refractivity contribution in [3.63, 3.8) is 0 Å². The Hall–Kier alpha value is -2.38. The molecule has 138 valence electrons. The number of nitrogens with zero attached hydrogens (tertiary/aromatic N) is 1. The highest BCUT2D eigenvalue weighted by atomic mass is 79.9. The Kier molecular flexibility index (Phi) is 5.53. The molecular weight excluding hydrogens is 478 g/mol. The van der Waals surface area contributed by atoms with Crippen LogP contribution in [-0.4, -0.2) is 24.1 Å². The van der Waals surface area contributed by atoms with E-state index in [9.17, 15) is 14.7 Å². The maximum atomic E-state index is 13.2. The average Bonchev–Trinajstić information content (AvgIpc) is 2.87. The summed E-state index contributed by atoms with van der Waals surface area (Å²) in [6.07, 6.45) is 1.50. The number of phenolic OH excluding ortho intramolecular Hbond substituents is 1. The molecule has 0 unspecified atom stereocenters. The Morgan fingerprint density at radius 2 is 1.85 bits per heavy atom. The topological polar surface area (TPSA) is 66.8 Å². The highest BCUT2D eigenvalue weighted by molar-refractivity contribution is 9.10. The van der Waals surface area contributed by atoms with Gasteiger partial charge in [-0.1, -0.05) is 37.9 Å². The molecule has 1 aliphatic heterocycles. The quantitative estimate of drug-likeness (QED) is 0.494. The molecule has 1 N–H and O–H groups in total. The Labute approximate surface area is 173 Å². The van der Waals surface area contributed by atoms with Crippen molar-refractivity contribution < 1.29 is 19.4 Å². The number of hydrogen-bond donors (Lipinski definition) is 1. The minimum Gasteiger partial charge on any atom is -0.507 e. The molecule has 0 aromatic heterocycles. The van der Waals surface area contributed by atoms with E-state index in [1.54, 1.807) is 37.3 Å². The number of phenols is 1. The molecule has 0 fully saturated rings. The summed E-state index contributed by atoms with van der Waals surface area (Å²) in [5.74, 6) is -0.981. The minimum absolute atomic E-state index is 0.00118. The third kappa shape index (κ3) is 3.70. The van der Waals surface area contributed by atoms with E-state index in [0.29, 0.717) is 16.9 Å². The van der Waals surface area contributed by atoms with Crippen molar-refractivity contribution in [2.75, 3.05) is 12.0 Å². The van der Waals surface area contributed by atoms with E-state index in [4.69, 9.17) is 4.74 Å². The predicted octanol–water partition coefficient (Wildman–Crippen LogP) is 4.79. The lowest BCUT2D eigenvalue weighted by Crippen LogP contribution is -2.24. The van der Waals surface area contributed by atoms with Crippen LogP contribution in [0.25, 0.3) is 6.08 Å². The van der Waals surface area contributed by atoms with Crippen LogP contribution in [0.5, 0.6) is 5.75 Å². The standard InChI is InChI=1S/C20H15Br2NO4/c1-11-18(20(26)27-2)16(9-12-8-14(22)6-7-17(12)24)19(25)23(11)15-5-3-4-13(21)10-15/h3-10,24H,1-2H3/b16-9-. The van der Waals surface area contributed by atoms with Crippen LogP contribution in [-0.2, 0) is 14.3 Å². The molecule has 0 atom stereocenters. The third-order valence-corrected chi connectivity index (χ3v) is 5.13. The molecular formula is C20H15Br2NO4. The number of rotatable bonds is 3. The number of halogens is 2. The zero-order valence-corrected chi connectivity index (χ0v) is 17.7. The van der Waals surface area contributed by atoms with Gasteiger partial charge in [0.25, 0.3) is 5.91 Å². The van der Waals surface area contributed by atoms with Gasteiger partial charge in [-0.05, 0) is 49.4 Å². The fourth-order valence-electron chi connectivity index (χ4n) is 2.90. The van der Waals surface area contributed by atoms with Crippen LogP contribution in [0.4, 0.5) is 5.69 Å². The smallest absolute Gasteiger partial charge is 0.340 e. The number of amides is 1. The SMILES string of the molecule is COC(=O)C1=C(C)N(c2cccc(Br)c2)C(=O)/C1=C\c1cc(Br)ccc1O. The lowest BCUT2D eigenvalue weighted by Gasteiger charge is -2.18. The molecule has 0 aliphatic carbocycles. The number of carbonyl (C=O) groups excluding carboxylic acids is 2. The number of anilines is 1. The second kappa shape index (κ2) is 7.70. The number of esters is 1. The zero-order chi connectivity index (χ0) is 19.7. The molecule has 5 nitrogen and oxygen atoms in total. The zero-order valence-electron chi connectivity index (χ0n) is 14.5.